The molecule has 2 rings (SSSR count). The lowest BCUT2D eigenvalue weighted by Gasteiger charge is -2.05. The topological polar surface area (TPSA) is 42.0 Å². The normalized spacial score (nSPS) is 10.2. The number of carbonyl (C=O) groups excluding carboxylic acids is 1. The lowest BCUT2D eigenvalue weighted by Crippen LogP contribution is -2.24. The molecular formula is C16H18N2OS. The molecule has 1 aromatic carbocycles. The molecule has 104 valence electrons. The molecule has 1 amide bonds. The van der Waals surface area contributed by atoms with Crippen LogP contribution in [0.4, 0.5) is 0 Å². The van der Waals surface area contributed by atoms with Gasteiger partial charge in [0.2, 0.25) is 0 Å². The zero-order chi connectivity index (χ0) is 14.2. The number of hydrogen-bond acceptors (Lipinski definition) is 3. The third-order valence-electron chi connectivity index (χ3n) is 2.79. The first kappa shape index (κ1) is 14.6. The first-order valence-electron chi connectivity index (χ1n) is 6.64. The summed E-state index contributed by atoms with van der Waals surface area (Å²) in [6.45, 7) is 2.59. The highest BCUT2D eigenvalue weighted by Gasteiger charge is 2.04. The van der Waals surface area contributed by atoms with Crippen molar-refractivity contribution >= 4 is 17.7 Å². The van der Waals surface area contributed by atoms with E-state index in [1.807, 2.05) is 31.2 Å². The van der Waals surface area contributed by atoms with E-state index >= 15 is 0 Å². The van der Waals surface area contributed by atoms with E-state index < -0.39 is 0 Å². The molecule has 0 aliphatic rings. The SMILES string of the molecule is Cc1ccc(C(=O)NCCCSc2ccccc2)cn1. The zero-order valence-corrected chi connectivity index (χ0v) is 12.3. The van der Waals surface area contributed by atoms with Crippen LogP contribution in [0.15, 0.2) is 53.6 Å². The molecule has 4 heteroatoms. The molecule has 0 bridgehead atoms. The average Bonchev–Trinajstić information content (AvgIpc) is 2.48. The van der Waals surface area contributed by atoms with Gasteiger partial charge in [0.05, 0.1) is 5.56 Å². The van der Waals surface area contributed by atoms with Crippen molar-refractivity contribution in [1.82, 2.24) is 10.3 Å². The van der Waals surface area contributed by atoms with E-state index in [1.54, 1.807) is 24.0 Å². The van der Waals surface area contributed by atoms with Gasteiger partial charge in [0, 0.05) is 23.3 Å². The highest BCUT2D eigenvalue weighted by Crippen LogP contribution is 2.17. The van der Waals surface area contributed by atoms with Gasteiger partial charge in [-0.3, -0.25) is 9.78 Å². The number of aryl methyl sites for hydroxylation is 1. The maximum Gasteiger partial charge on any atom is 0.252 e. The molecule has 0 saturated heterocycles. The van der Waals surface area contributed by atoms with Crippen LogP contribution in [0.2, 0.25) is 0 Å². The predicted molar refractivity (Wildman–Crippen MR) is 83.1 cm³/mol. The molecule has 0 spiro atoms. The molecule has 0 radical (unpaired) electrons. The summed E-state index contributed by atoms with van der Waals surface area (Å²) < 4.78 is 0. The van der Waals surface area contributed by atoms with Gasteiger partial charge in [0.15, 0.2) is 0 Å². The van der Waals surface area contributed by atoms with Gasteiger partial charge in [0.25, 0.3) is 5.91 Å². The Morgan fingerprint density at radius 1 is 1.20 bits per heavy atom. The number of hydrogen-bond donors (Lipinski definition) is 1. The Kier molecular flexibility index (Phi) is 5.62. The summed E-state index contributed by atoms with van der Waals surface area (Å²) in [6.07, 6.45) is 2.56. The minimum Gasteiger partial charge on any atom is -0.352 e. The number of rotatable bonds is 6. The van der Waals surface area contributed by atoms with E-state index in [0.717, 1.165) is 17.9 Å². The number of benzene rings is 1. The molecular weight excluding hydrogens is 268 g/mol. The Labute approximate surface area is 123 Å². The largest absolute Gasteiger partial charge is 0.352 e. The van der Waals surface area contributed by atoms with Gasteiger partial charge in [-0.15, -0.1) is 11.8 Å². The van der Waals surface area contributed by atoms with Crippen LogP contribution in [-0.4, -0.2) is 23.2 Å². The summed E-state index contributed by atoms with van der Waals surface area (Å²) in [4.78, 5) is 17.2. The van der Waals surface area contributed by atoms with E-state index in [9.17, 15) is 4.79 Å². The van der Waals surface area contributed by atoms with Crippen LogP contribution in [0.25, 0.3) is 0 Å². The summed E-state index contributed by atoms with van der Waals surface area (Å²) in [5.74, 6) is 0.943. The van der Waals surface area contributed by atoms with Crippen molar-refractivity contribution in [1.29, 1.82) is 0 Å². The van der Waals surface area contributed by atoms with E-state index in [-0.39, 0.29) is 5.91 Å². The molecule has 0 aliphatic carbocycles. The Morgan fingerprint density at radius 2 is 2.00 bits per heavy atom. The van der Waals surface area contributed by atoms with Gasteiger partial charge < -0.3 is 5.32 Å². The van der Waals surface area contributed by atoms with Crippen molar-refractivity contribution in [2.45, 2.75) is 18.2 Å². The third-order valence-corrected chi connectivity index (χ3v) is 3.89. The number of amides is 1. The van der Waals surface area contributed by atoms with Crippen LogP contribution in [-0.2, 0) is 0 Å². The minimum absolute atomic E-state index is 0.0535. The molecule has 1 heterocycles. The number of nitrogens with zero attached hydrogens (tertiary/aromatic N) is 1. The summed E-state index contributed by atoms with van der Waals surface area (Å²) in [7, 11) is 0. The van der Waals surface area contributed by atoms with Crippen LogP contribution < -0.4 is 5.32 Å². The summed E-state index contributed by atoms with van der Waals surface area (Å²) in [6, 6.07) is 13.9. The van der Waals surface area contributed by atoms with E-state index in [2.05, 4.69) is 22.4 Å². The first-order valence-corrected chi connectivity index (χ1v) is 7.63. The predicted octanol–water partition coefficient (Wildman–Crippen LogP) is 3.30. The molecule has 0 aliphatic heterocycles. The average molecular weight is 286 g/mol. The molecule has 0 saturated carbocycles. The maximum absolute atomic E-state index is 11.8. The van der Waals surface area contributed by atoms with Gasteiger partial charge in [-0.1, -0.05) is 18.2 Å². The molecule has 1 N–H and O–H groups in total. The molecule has 0 atom stereocenters. The molecule has 0 fully saturated rings. The molecule has 20 heavy (non-hydrogen) atoms. The summed E-state index contributed by atoms with van der Waals surface area (Å²) in [5.41, 5.74) is 1.53. The fourth-order valence-corrected chi connectivity index (χ4v) is 2.56. The molecule has 0 unspecified atom stereocenters. The minimum atomic E-state index is -0.0535. The zero-order valence-electron chi connectivity index (χ0n) is 11.5. The van der Waals surface area contributed by atoms with Crippen molar-refractivity contribution in [2.75, 3.05) is 12.3 Å². The highest BCUT2D eigenvalue weighted by molar-refractivity contribution is 7.99. The highest BCUT2D eigenvalue weighted by atomic mass is 32.2. The van der Waals surface area contributed by atoms with Crippen LogP contribution in [0.5, 0.6) is 0 Å². The van der Waals surface area contributed by atoms with Crippen molar-refractivity contribution in [3.8, 4) is 0 Å². The molecule has 3 nitrogen and oxygen atoms in total. The second-order valence-corrected chi connectivity index (χ2v) is 5.63. The Hall–Kier alpha value is -1.81. The fourth-order valence-electron chi connectivity index (χ4n) is 1.69. The lowest BCUT2D eigenvalue weighted by molar-refractivity contribution is 0.0953. The maximum atomic E-state index is 11.8. The smallest absolute Gasteiger partial charge is 0.252 e. The molecule has 1 aromatic heterocycles. The standard InChI is InChI=1S/C16H18N2OS/c1-13-8-9-14(12-18-13)16(19)17-10-5-11-20-15-6-3-2-4-7-15/h2-4,6-9,12H,5,10-11H2,1H3,(H,17,19). The van der Waals surface area contributed by atoms with Crippen molar-refractivity contribution in [2.24, 2.45) is 0 Å². The Balaban J connectivity index is 1.66. The van der Waals surface area contributed by atoms with Gasteiger partial charge in [-0.05, 0) is 43.4 Å². The number of nitrogens with one attached hydrogen (secondary N) is 1. The van der Waals surface area contributed by atoms with E-state index in [4.69, 9.17) is 0 Å². The second kappa shape index (κ2) is 7.70. The van der Waals surface area contributed by atoms with Crippen LogP contribution in [0, 0.1) is 6.92 Å². The summed E-state index contributed by atoms with van der Waals surface area (Å²) in [5, 5.41) is 2.91. The lowest BCUT2D eigenvalue weighted by atomic mass is 10.2. The van der Waals surface area contributed by atoms with E-state index in [1.165, 1.54) is 4.90 Å². The van der Waals surface area contributed by atoms with Gasteiger partial charge in [-0.2, -0.15) is 0 Å². The monoisotopic (exact) mass is 286 g/mol. The van der Waals surface area contributed by atoms with Crippen molar-refractivity contribution in [3.05, 3.63) is 59.9 Å². The van der Waals surface area contributed by atoms with Gasteiger partial charge in [-0.25, -0.2) is 0 Å². The van der Waals surface area contributed by atoms with Gasteiger partial charge in [0.1, 0.15) is 0 Å². The molecule has 2 aromatic rings. The van der Waals surface area contributed by atoms with Crippen LogP contribution in [0.3, 0.4) is 0 Å². The number of thioether (sulfide) groups is 1. The van der Waals surface area contributed by atoms with Crippen molar-refractivity contribution < 1.29 is 4.79 Å². The summed E-state index contributed by atoms with van der Waals surface area (Å²) >= 11 is 1.81. The number of aromatic nitrogens is 1. The fraction of sp³-hybridized carbons (Fsp3) is 0.250. The van der Waals surface area contributed by atoms with Gasteiger partial charge >= 0.3 is 0 Å². The quantitative estimate of drug-likeness (QED) is 0.654. The number of pyridine rings is 1. The Bertz CT molecular complexity index is 540. The Morgan fingerprint density at radius 3 is 2.70 bits per heavy atom. The van der Waals surface area contributed by atoms with Crippen molar-refractivity contribution in [3.63, 3.8) is 0 Å². The second-order valence-electron chi connectivity index (χ2n) is 4.46. The first-order chi connectivity index (χ1) is 9.75. The van der Waals surface area contributed by atoms with E-state index in [0.29, 0.717) is 12.1 Å². The number of carbonyl (C=O) groups is 1. The third kappa shape index (κ3) is 4.70. The van der Waals surface area contributed by atoms with Crippen LogP contribution in [0.1, 0.15) is 22.5 Å². The van der Waals surface area contributed by atoms with Crippen LogP contribution >= 0.6 is 11.8 Å².